The number of nitrogens with zero attached hydrogens (tertiary/aromatic N) is 4. The van der Waals surface area contributed by atoms with Gasteiger partial charge in [0.25, 0.3) is 5.91 Å². The van der Waals surface area contributed by atoms with Crippen LogP contribution in [-0.4, -0.2) is 84.0 Å². The van der Waals surface area contributed by atoms with E-state index in [-0.39, 0.29) is 24.1 Å². The largest absolute Gasteiger partial charge is 0.335 e. The fraction of sp³-hybridized carbons (Fsp3) is 0.400. The van der Waals surface area contributed by atoms with Gasteiger partial charge in [-0.05, 0) is 62.6 Å². The molecule has 2 heterocycles. The molecule has 1 N–H and O–H groups in total. The summed E-state index contributed by atoms with van der Waals surface area (Å²) >= 11 is 5.74. The van der Waals surface area contributed by atoms with E-state index in [1.807, 2.05) is 36.1 Å². The molecule has 2 aliphatic heterocycles. The molecule has 0 radical (unpaired) electrons. The van der Waals surface area contributed by atoms with E-state index >= 15 is 0 Å². The van der Waals surface area contributed by atoms with Crippen LogP contribution in [0.15, 0.2) is 48.5 Å². The number of anilines is 2. The Bertz CT molecular complexity index is 1040. The van der Waals surface area contributed by atoms with Gasteiger partial charge in [0.1, 0.15) is 11.9 Å². The van der Waals surface area contributed by atoms with Gasteiger partial charge in [-0.1, -0.05) is 17.7 Å². The number of carbonyl (C=O) groups excluding carboxylic acids is 2. The van der Waals surface area contributed by atoms with E-state index in [4.69, 9.17) is 12.2 Å². The molecule has 0 saturated carbocycles. The highest BCUT2D eigenvalue weighted by Gasteiger charge is 2.44. The zero-order valence-electron chi connectivity index (χ0n) is 19.5. The smallest absolute Gasteiger partial charge is 0.256 e. The van der Waals surface area contributed by atoms with Gasteiger partial charge in [0.15, 0.2) is 5.11 Å². The Labute approximate surface area is 205 Å². The molecule has 2 fully saturated rings. The maximum absolute atomic E-state index is 13.5. The van der Waals surface area contributed by atoms with E-state index in [1.54, 1.807) is 0 Å². The monoisotopic (exact) mass is 483 g/mol. The predicted molar refractivity (Wildman–Crippen MR) is 135 cm³/mol. The minimum absolute atomic E-state index is 0.0402. The van der Waals surface area contributed by atoms with Gasteiger partial charge in [-0.3, -0.25) is 19.4 Å². The average molecular weight is 484 g/mol. The molecule has 9 heteroatoms. The minimum Gasteiger partial charge on any atom is -0.335 e. The summed E-state index contributed by atoms with van der Waals surface area (Å²) in [6.45, 7) is 7.23. The highest BCUT2D eigenvalue weighted by atomic mass is 32.1. The van der Waals surface area contributed by atoms with Gasteiger partial charge in [-0.2, -0.15) is 0 Å². The number of piperazine rings is 1. The lowest BCUT2D eigenvalue weighted by Gasteiger charge is -2.34. The molecule has 0 bridgehead atoms. The molecule has 4 rings (SSSR count). The average Bonchev–Trinajstić information content (AvgIpc) is 3.04. The third-order valence-electron chi connectivity index (χ3n) is 6.37. The number of halogens is 1. The van der Waals surface area contributed by atoms with E-state index in [0.29, 0.717) is 23.0 Å². The summed E-state index contributed by atoms with van der Waals surface area (Å²) in [6, 6.07) is 12.5. The summed E-state index contributed by atoms with van der Waals surface area (Å²) in [4.78, 5) is 34.4. The van der Waals surface area contributed by atoms with E-state index in [1.165, 1.54) is 29.2 Å². The quantitative estimate of drug-likeness (QED) is 0.612. The van der Waals surface area contributed by atoms with E-state index in [9.17, 15) is 14.0 Å². The fourth-order valence-electron chi connectivity index (χ4n) is 4.26. The highest BCUT2D eigenvalue weighted by Crippen LogP contribution is 2.28. The second kappa shape index (κ2) is 10.6. The molecular weight excluding hydrogens is 453 g/mol. The molecule has 2 aliphatic rings. The Balaban J connectivity index is 1.50. The van der Waals surface area contributed by atoms with Crippen molar-refractivity contribution in [3.8, 4) is 0 Å². The summed E-state index contributed by atoms with van der Waals surface area (Å²) in [6.07, 6.45) is -0.0402. The zero-order chi connectivity index (χ0) is 24.2. The lowest BCUT2D eigenvalue weighted by atomic mass is 10.1. The second-order valence-corrected chi connectivity index (χ2v) is 9.27. The SMILES string of the molecule is Cc1ccc(N2C(=O)C(CC(=O)Nc3ccc(F)cc3)N(CCN3CCN(C)CC3)C2=S)cc1. The standard InChI is InChI=1S/C25H30FN5O2S/c1-18-3-9-21(10-4-18)31-24(33)22(17-23(32)27-20-7-5-19(26)6-8-20)30(25(31)34)16-15-29-13-11-28(2)12-14-29/h3-10,22H,11-17H2,1-2H3,(H,27,32). The van der Waals surface area contributed by atoms with Crippen molar-refractivity contribution >= 4 is 40.5 Å². The molecule has 1 atom stereocenters. The van der Waals surface area contributed by atoms with Crippen molar-refractivity contribution in [1.29, 1.82) is 0 Å². The van der Waals surface area contributed by atoms with Gasteiger partial charge in [-0.15, -0.1) is 0 Å². The number of hydrogen-bond donors (Lipinski definition) is 1. The van der Waals surface area contributed by atoms with Crippen molar-refractivity contribution in [3.63, 3.8) is 0 Å². The maximum Gasteiger partial charge on any atom is 0.256 e. The van der Waals surface area contributed by atoms with Crippen LogP contribution in [0, 0.1) is 12.7 Å². The minimum atomic E-state index is -0.693. The van der Waals surface area contributed by atoms with Gasteiger partial charge in [0.05, 0.1) is 12.1 Å². The number of hydrogen-bond acceptors (Lipinski definition) is 5. The molecule has 2 amide bonds. The van der Waals surface area contributed by atoms with Crippen molar-refractivity contribution in [2.24, 2.45) is 0 Å². The van der Waals surface area contributed by atoms with Crippen LogP contribution >= 0.6 is 12.2 Å². The van der Waals surface area contributed by atoms with Crippen LogP contribution in [0.4, 0.5) is 15.8 Å². The van der Waals surface area contributed by atoms with Gasteiger partial charge in [-0.25, -0.2) is 4.39 Å². The number of aryl methyl sites for hydroxylation is 1. The number of likely N-dealkylation sites (N-methyl/N-ethyl adjacent to an activating group) is 1. The molecule has 2 aromatic carbocycles. The first-order valence-corrected chi connectivity index (χ1v) is 11.9. The Kier molecular flexibility index (Phi) is 7.55. The first-order chi connectivity index (χ1) is 16.3. The fourth-order valence-corrected chi connectivity index (χ4v) is 4.67. The number of benzene rings is 2. The number of amides is 2. The van der Waals surface area contributed by atoms with Gasteiger partial charge in [0, 0.05) is 45.0 Å². The summed E-state index contributed by atoms with van der Waals surface area (Å²) < 4.78 is 13.2. The van der Waals surface area contributed by atoms with E-state index in [2.05, 4.69) is 22.2 Å². The molecular formula is C25H30FN5O2S. The van der Waals surface area contributed by atoms with Crippen molar-refractivity contribution in [2.45, 2.75) is 19.4 Å². The first kappa shape index (κ1) is 24.3. The number of rotatable bonds is 7. The van der Waals surface area contributed by atoms with Gasteiger partial charge in [0.2, 0.25) is 5.91 Å². The lowest BCUT2D eigenvalue weighted by Crippen LogP contribution is -2.48. The van der Waals surface area contributed by atoms with Crippen molar-refractivity contribution in [1.82, 2.24) is 14.7 Å². The van der Waals surface area contributed by atoms with Crippen LogP contribution < -0.4 is 10.2 Å². The maximum atomic E-state index is 13.5. The molecule has 180 valence electrons. The van der Waals surface area contributed by atoms with Crippen LogP contribution in [0.5, 0.6) is 0 Å². The van der Waals surface area contributed by atoms with Gasteiger partial charge < -0.3 is 15.1 Å². The van der Waals surface area contributed by atoms with Crippen molar-refractivity contribution < 1.29 is 14.0 Å². The summed E-state index contributed by atoms with van der Waals surface area (Å²) in [5.74, 6) is -0.900. The lowest BCUT2D eigenvalue weighted by molar-refractivity contribution is -0.124. The molecule has 0 spiro atoms. The molecule has 34 heavy (non-hydrogen) atoms. The van der Waals surface area contributed by atoms with Gasteiger partial charge >= 0.3 is 0 Å². The normalized spacial score (nSPS) is 19.7. The Morgan fingerprint density at radius 3 is 2.32 bits per heavy atom. The summed E-state index contributed by atoms with van der Waals surface area (Å²) in [5.41, 5.74) is 2.27. The molecule has 7 nitrogen and oxygen atoms in total. The molecule has 2 aromatic rings. The predicted octanol–water partition coefficient (Wildman–Crippen LogP) is 2.71. The van der Waals surface area contributed by atoms with Crippen LogP contribution in [0.25, 0.3) is 0 Å². The number of carbonyl (C=O) groups is 2. The Morgan fingerprint density at radius 1 is 1.03 bits per heavy atom. The third kappa shape index (κ3) is 5.60. The van der Waals surface area contributed by atoms with Crippen LogP contribution in [0.3, 0.4) is 0 Å². The summed E-state index contributed by atoms with van der Waals surface area (Å²) in [7, 11) is 2.11. The topological polar surface area (TPSA) is 59.1 Å². The van der Waals surface area contributed by atoms with Crippen LogP contribution in [0.2, 0.25) is 0 Å². The van der Waals surface area contributed by atoms with Crippen LogP contribution in [0.1, 0.15) is 12.0 Å². The summed E-state index contributed by atoms with van der Waals surface area (Å²) in [5, 5.41) is 3.18. The Morgan fingerprint density at radius 2 is 1.68 bits per heavy atom. The number of thiocarbonyl (C=S) groups is 1. The van der Waals surface area contributed by atoms with Crippen LogP contribution in [-0.2, 0) is 9.59 Å². The number of nitrogens with one attached hydrogen (secondary N) is 1. The first-order valence-electron chi connectivity index (χ1n) is 11.5. The molecule has 2 saturated heterocycles. The molecule has 0 aliphatic carbocycles. The van der Waals surface area contributed by atoms with E-state index in [0.717, 1.165) is 38.3 Å². The Hall–Kier alpha value is -2.88. The zero-order valence-corrected chi connectivity index (χ0v) is 20.4. The van der Waals surface area contributed by atoms with Crippen molar-refractivity contribution in [3.05, 3.63) is 59.9 Å². The third-order valence-corrected chi connectivity index (χ3v) is 6.79. The van der Waals surface area contributed by atoms with E-state index < -0.39 is 6.04 Å². The highest BCUT2D eigenvalue weighted by molar-refractivity contribution is 7.80. The second-order valence-electron chi connectivity index (χ2n) is 8.91. The molecule has 0 aromatic heterocycles. The van der Waals surface area contributed by atoms with Crippen molar-refractivity contribution in [2.75, 3.05) is 56.5 Å². The molecule has 1 unspecified atom stereocenters.